The molecular weight excluding hydrogens is 490 g/mol. The molecule has 3 rings (SSSR count). The van der Waals surface area contributed by atoms with Crippen LogP contribution >= 0.6 is 0 Å². The van der Waals surface area contributed by atoms with Gasteiger partial charge >= 0.3 is 5.97 Å². The van der Waals surface area contributed by atoms with Crippen LogP contribution in [0.1, 0.15) is 56.5 Å². The standard InChI is InChI=1S/C29H35NO6S/c1-21-10-12-24(13-11-21)37(32,33)35-19-16-22(2)15-18-34-27-9-7-6-8-25(27)26-20-23(14-17-30-26)28(31)36-29(3,4)5/h6-14,17,20,22H,15-16,18-19H2,1-5H3. The van der Waals surface area contributed by atoms with Crippen molar-refractivity contribution >= 4 is 16.1 Å². The number of ether oxygens (including phenoxy) is 2. The third-order valence-electron chi connectivity index (χ3n) is 5.58. The Labute approximate surface area is 219 Å². The Morgan fingerprint density at radius 2 is 1.65 bits per heavy atom. The molecule has 1 heterocycles. The quantitative estimate of drug-likeness (QED) is 0.217. The zero-order chi connectivity index (χ0) is 27.1. The van der Waals surface area contributed by atoms with Gasteiger partial charge in [0.05, 0.1) is 29.4 Å². The van der Waals surface area contributed by atoms with Crippen LogP contribution in [0, 0.1) is 12.8 Å². The minimum absolute atomic E-state index is 0.106. The predicted octanol–water partition coefficient (Wildman–Crippen LogP) is 6.21. The van der Waals surface area contributed by atoms with Crippen molar-refractivity contribution in [3.8, 4) is 17.0 Å². The van der Waals surface area contributed by atoms with E-state index in [1.54, 1.807) is 42.6 Å². The second-order valence-electron chi connectivity index (χ2n) is 10.0. The SMILES string of the molecule is Cc1ccc(S(=O)(=O)OCCC(C)CCOc2ccccc2-c2cc(C(=O)OC(C)(C)C)ccn2)cc1. The van der Waals surface area contributed by atoms with E-state index < -0.39 is 21.7 Å². The molecule has 1 aromatic heterocycles. The van der Waals surface area contributed by atoms with Crippen LogP contribution in [0.3, 0.4) is 0 Å². The van der Waals surface area contributed by atoms with E-state index in [2.05, 4.69) is 4.98 Å². The number of rotatable bonds is 11. The molecule has 0 spiro atoms. The minimum atomic E-state index is -3.76. The molecule has 3 aromatic rings. The predicted molar refractivity (Wildman–Crippen MR) is 143 cm³/mol. The van der Waals surface area contributed by atoms with Gasteiger partial charge in [-0.05, 0) is 82.9 Å². The van der Waals surface area contributed by atoms with Gasteiger partial charge in [0.25, 0.3) is 10.1 Å². The first kappa shape index (κ1) is 28.3. The van der Waals surface area contributed by atoms with Crippen molar-refractivity contribution in [2.75, 3.05) is 13.2 Å². The van der Waals surface area contributed by atoms with Crippen molar-refractivity contribution in [3.63, 3.8) is 0 Å². The summed E-state index contributed by atoms with van der Waals surface area (Å²) in [6, 6.07) is 17.4. The molecule has 0 aliphatic rings. The first-order valence-corrected chi connectivity index (χ1v) is 13.7. The third kappa shape index (κ3) is 8.68. The van der Waals surface area contributed by atoms with Gasteiger partial charge in [0.15, 0.2) is 0 Å². The van der Waals surface area contributed by atoms with Gasteiger partial charge in [-0.25, -0.2) is 4.79 Å². The summed E-state index contributed by atoms with van der Waals surface area (Å²) in [6.07, 6.45) is 2.88. The van der Waals surface area contributed by atoms with E-state index in [9.17, 15) is 13.2 Å². The molecule has 0 amide bonds. The number of aromatic nitrogens is 1. The maximum Gasteiger partial charge on any atom is 0.338 e. The number of esters is 1. The number of hydrogen-bond acceptors (Lipinski definition) is 7. The lowest BCUT2D eigenvalue weighted by Crippen LogP contribution is -2.23. The van der Waals surface area contributed by atoms with Gasteiger partial charge in [0.2, 0.25) is 0 Å². The topological polar surface area (TPSA) is 91.8 Å². The lowest BCUT2D eigenvalue weighted by molar-refractivity contribution is 0.00693. The van der Waals surface area contributed by atoms with Crippen LogP contribution in [0.2, 0.25) is 0 Å². The van der Waals surface area contributed by atoms with Crippen LogP contribution in [-0.4, -0.2) is 38.2 Å². The smallest absolute Gasteiger partial charge is 0.338 e. The highest BCUT2D eigenvalue weighted by Crippen LogP contribution is 2.29. The fraction of sp³-hybridized carbons (Fsp3) is 0.379. The van der Waals surface area contributed by atoms with Gasteiger partial charge in [0, 0.05) is 11.8 Å². The number of nitrogens with zero attached hydrogens (tertiary/aromatic N) is 1. The van der Waals surface area contributed by atoms with E-state index in [0.717, 1.165) is 11.1 Å². The third-order valence-corrected chi connectivity index (χ3v) is 6.91. The lowest BCUT2D eigenvalue weighted by atomic mass is 10.1. The summed E-state index contributed by atoms with van der Waals surface area (Å²) in [6.45, 7) is 9.95. The minimum Gasteiger partial charge on any atom is -0.493 e. The largest absolute Gasteiger partial charge is 0.493 e. The highest BCUT2D eigenvalue weighted by molar-refractivity contribution is 7.86. The van der Waals surface area contributed by atoms with Crippen LogP contribution in [0.25, 0.3) is 11.3 Å². The first-order chi connectivity index (χ1) is 17.4. The van der Waals surface area contributed by atoms with E-state index >= 15 is 0 Å². The summed E-state index contributed by atoms with van der Waals surface area (Å²) in [5.41, 5.74) is 2.20. The van der Waals surface area contributed by atoms with E-state index in [0.29, 0.717) is 36.5 Å². The zero-order valence-electron chi connectivity index (χ0n) is 22.1. The van der Waals surface area contributed by atoms with Crippen molar-refractivity contribution in [2.24, 2.45) is 5.92 Å². The summed E-state index contributed by atoms with van der Waals surface area (Å²) in [5.74, 6) is 0.436. The Kier molecular flexibility index (Phi) is 9.45. The Bertz CT molecular complexity index is 1300. The zero-order valence-corrected chi connectivity index (χ0v) is 22.9. The Morgan fingerprint density at radius 3 is 2.35 bits per heavy atom. The van der Waals surface area contributed by atoms with Crippen molar-refractivity contribution in [1.29, 1.82) is 0 Å². The normalized spacial score (nSPS) is 12.7. The summed E-state index contributed by atoms with van der Waals surface area (Å²) in [7, 11) is -3.76. The number of carbonyl (C=O) groups excluding carboxylic acids is 1. The molecule has 0 N–H and O–H groups in total. The Balaban J connectivity index is 1.54. The second kappa shape index (κ2) is 12.3. The number of pyridine rings is 1. The number of hydrogen-bond donors (Lipinski definition) is 0. The fourth-order valence-corrected chi connectivity index (χ4v) is 4.41. The Morgan fingerprint density at radius 1 is 0.973 bits per heavy atom. The number of carbonyl (C=O) groups is 1. The number of aryl methyl sites for hydroxylation is 1. The van der Waals surface area contributed by atoms with Gasteiger partial charge < -0.3 is 9.47 Å². The molecule has 1 atom stereocenters. The monoisotopic (exact) mass is 525 g/mol. The van der Waals surface area contributed by atoms with Crippen molar-refractivity contribution < 1.29 is 26.9 Å². The molecule has 0 saturated carbocycles. The van der Waals surface area contributed by atoms with Gasteiger partial charge in [-0.3, -0.25) is 9.17 Å². The number of benzene rings is 2. The van der Waals surface area contributed by atoms with Gasteiger partial charge in [-0.1, -0.05) is 36.8 Å². The van der Waals surface area contributed by atoms with Crippen LogP contribution in [0.5, 0.6) is 5.75 Å². The van der Waals surface area contributed by atoms with Gasteiger partial charge in [0.1, 0.15) is 11.4 Å². The molecule has 8 heteroatoms. The molecular formula is C29H35NO6S. The molecule has 0 aliphatic carbocycles. The van der Waals surface area contributed by atoms with E-state index in [1.807, 2.05) is 58.9 Å². The molecule has 0 bridgehead atoms. The van der Waals surface area contributed by atoms with Crippen molar-refractivity contribution in [3.05, 3.63) is 78.0 Å². The molecule has 37 heavy (non-hydrogen) atoms. The molecule has 198 valence electrons. The summed E-state index contributed by atoms with van der Waals surface area (Å²) in [4.78, 5) is 17.1. The molecule has 7 nitrogen and oxygen atoms in total. The summed E-state index contributed by atoms with van der Waals surface area (Å²) in [5, 5.41) is 0. The lowest BCUT2D eigenvalue weighted by Gasteiger charge is -2.19. The molecule has 1 unspecified atom stereocenters. The maximum atomic E-state index is 12.5. The fourth-order valence-electron chi connectivity index (χ4n) is 3.49. The Hall–Kier alpha value is -3.23. The number of para-hydroxylation sites is 1. The van der Waals surface area contributed by atoms with Crippen molar-refractivity contribution in [1.82, 2.24) is 4.98 Å². The molecule has 0 aliphatic heterocycles. The van der Waals surface area contributed by atoms with E-state index in [-0.39, 0.29) is 17.4 Å². The second-order valence-corrected chi connectivity index (χ2v) is 11.7. The highest BCUT2D eigenvalue weighted by atomic mass is 32.2. The summed E-state index contributed by atoms with van der Waals surface area (Å²) >= 11 is 0. The average molecular weight is 526 g/mol. The molecule has 0 saturated heterocycles. The van der Waals surface area contributed by atoms with E-state index in [4.69, 9.17) is 13.7 Å². The summed E-state index contributed by atoms with van der Waals surface area (Å²) < 4.78 is 41.4. The molecule has 0 radical (unpaired) electrons. The van der Waals surface area contributed by atoms with Gasteiger partial charge in [-0.2, -0.15) is 8.42 Å². The van der Waals surface area contributed by atoms with Crippen LogP contribution in [0.15, 0.2) is 71.8 Å². The maximum absolute atomic E-state index is 12.5. The molecule has 2 aromatic carbocycles. The van der Waals surface area contributed by atoms with Gasteiger partial charge in [-0.15, -0.1) is 0 Å². The van der Waals surface area contributed by atoms with Crippen molar-refractivity contribution in [2.45, 2.75) is 58.0 Å². The molecule has 0 fully saturated rings. The average Bonchev–Trinajstić information content (AvgIpc) is 2.83. The van der Waals surface area contributed by atoms with E-state index in [1.165, 1.54) is 0 Å². The van der Waals surface area contributed by atoms with Crippen LogP contribution in [-0.2, 0) is 19.0 Å². The van der Waals surface area contributed by atoms with Crippen LogP contribution in [0.4, 0.5) is 0 Å². The highest BCUT2D eigenvalue weighted by Gasteiger charge is 2.19. The van der Waals surface area contributed by atoms with Crippen LogP contribution < -0.4 is 4.74 Å². The first-order valence-electron chi connectivity index (χ1n) is 12.3.